The van der Waals surface area contributed by atoms with Gasteiger partial charge in [-0.2, -0.15) is 0 Å². The summed E-state index contributed by atoms with van der Waals surface area (Å²) in [5.41, 5.74) is 7.62. The van der Waals surface area contributed by atoms with Crippen LogP contribution in [0.1, 0.15) is 24.2 Å². The summed E-state index contributed by atoms with van der Waals surface area (Å²) in [6, 6.07) is 1.85. The fraction of sp³-hybridized carbons (Fsp3) is 0.375. The normalized spacial score (nSPS) is 13.1. The zero-order valence-corrected chi connectivity index (χ0v) is 7.39. The Morgan fingerprint density at radius 3 is 2.73 bits per heavy atom. The molecule has 0 saturated carbocycles. The van der Waals surface area contributed by atoms with Gasteiger partial charge in [0.15, 0.2) is 0 Å². The first kappa shape index (κ1) is 8.50. The molecule has 1 rings (SSSR count). The van der Waals surface area contributed by atoms with Crippen LogP contribution in [-0.2, 0) is 0 Å². The van der Waals surface area contributed by atoms with Crippen LogP contribution in [-0.4, -0.2) is 4.98 Å². The Bertz CT molecular complexity index is 258. The first-order valence-corrected chi connectivity index (χ1v) is 3.86. The molecule has 0 amide bonds. The highest BCUT2D eigenvalue weighted by molar-refractivity contribution is 6.30. The van der Waals surface area contributed by atoms with Gasteiger partial charge in [-0.1, -0.05) is 11.6 Å². The summed E-state index contributed by atoms with van der Waals surface area (Å²) in [6.45, 7) is 3.86. The van der Waals surface area contributed by atoms with Crippen molar-refractivity contribution in [1.82, 2.24) is 4.98 Å². The molecule has 11 heavy (non-hydrogen) atoms. The van der Waals surface area contributed by atoms with E-state index in [4.69, 9.17) is 17.3 Å². The molecule has 0 aliphatic carbocycles. The van der Waals surface area contributed by atoms with Gasteiger partial charge < -0.3 is 5.73 Å². The van der Waals surface area contributed by atoms with Crippen LogP contribution in [0.25, 0.3) is 0 Å². The van der Waals surface area contributed by atoms with E-state index in [0.29, 0.717) is 5.02 Å². The maximum Gasteiger partial charge on any atom is 0.0598 e. The van der Waals surface area contributed by atoms with Gasteiger partial charge in [-0.25, -0.2) is 0 Å². The number of aryl methyl sites for hydroxylation is 1. The van der Waals surface area contributed by atoms with Crippen molar-refractivity contribution in [3.63, 3.8) is 0 Å². The number of nitrogens with two attached hydrogens (primary N) is 1. The summed E-state index contributed by atoms with van der Waals surface area (Å²) in [6.07, 6.45) is 1.62. The Balaban J connectivity index is 3.09. The number of aromatic nitrogens is 1. The Morgan fingerprint density at radius 2 is 2.27 bits per heavy atom. The Kier molecular flexibility index (Phi) is 2.47. The van der Waals surface area contributed by atoms with Gasteiger partial charge in [0, 0.05) is 12.2 Å². The maximum absolute atomic E-state index is 5.72. The topological polar surface area (TPSA) is 38.9 Å². The first-order valence-electron chi connectivity index (χ1n) is 3.49. The van der Waals surface area contributed by atoms with Gasteiger partial charge in [0.05, 0.1) is 10.7 Å². The van der Waals surface area contributed by atoms with Crippen molar-refractivity contribution in [2.45, 2.75) is 19.9 Å². The second-order valence-corrected chi connectivity index (χ2v) is 3.08. The molecule has 0 radical (unpaired) electrons. The van der Waals surface area contributed by atoms with Gasteiger partial charge in [-0.05, 0) is 25.5 Å². The minimum atomic E-state index is -0.0210. The molecule has 1 atom stereocenters. The van der Waals surface area contributed by atoms with Gasteiger partial charge in [0.25, 0.3) is 0 Å². The van der Waals surface area contributed by atoms with Crippen LogP contribution >= 0.6 is 11.6 Å². The molecule has 0 aromatic carbocycles. The molecule has 0 aliphatic heterocycles. The number of halogens is 1. The average molecular weight is 171 g/mol. The molecular weight excluding hydrogens is 160 g/mol. The fourth-order valence-corrected chi connectivity index (χ4v) is 1.24. The molecule has 0 fully saturated rings. The van der Waals surface area contributed by atoms with E-state index in [2.05, 4.69) is 4.98 Å². The van der Waals surface area contributed by atoms with Crippen LogP contribution in [0.5, 0.6) is 0 Å². The summed E-state index contributed by atoms with van der Waals surface area (Å²) in [7, 11) is 0. The Labute approximate surface area is 71.4 Å². The standard InChI is InChI=1S/C8H11ClN2/c1-5-3-7(9)4-11-8(5)6(2)10/h3-4,6H,10H2,1-2H3. The van der Waals surface area contributed by atoms with E-state index >= 15 is 0 Å². The summed E-state index contributed by atoms with van der Waals surface area (Å²) in [4.78, 5) is 4.12. The van der Waals surface area contributed by atoms with Crippen LogP contribution < -0.4 is 5.73 Å². The fourth-order valence-electron chi connectivity index (χ4n) is 1.03. The Morgan fingerprint density at radius 1 is 1.64 bits per heavy atom. The van der Waals surface area contributed by atoms with Crippen LogP contribution in [0.3, 0.4) is 0 Å². The largest absolute Gasteiger partial charge is 0.323 e. The molecule has 3 heteroatoms. The zero-order valence-electron chi connectivity index (χ0n) is 6.63. The molecular formula is C8H11ClN2. The van der Waals surface area contributed by atoms with E-state index in [1.807, 2.05) is 19.9 Å². The molecule has 1 aromatic rings. The van der Waals surface area contributed by atoms with Gasteiger partial charge in [-0.3, -0.25) is 4.98 Å². The van der Waals surface area contributed by atoms with Gasteiger partial charge >= 0.3 is 0 Å². The van der Waals surface area contributed by atoms with Crippen LogP contribution in [0.4, 0.5) is 0 Å². The van der Waals surface area contributed by atoms with Crippen molar-refractivity contribution in [2.24, 2.45) is 5.73 Å². The van der Waals surface area contributed by atoms with Crippen molar-refractivity contribution in [1.29, 1.82) is 0 Å². The van der Waals surface area contributed by atoms with E-state index in [9.17, 15) is 0 Å². The SMILES string of the molecule is Cc1cc(Cl)cnc1C(C)N. The first-order chi connectivity index (χ1) is 5.11. The van der Waals surface area contributed by atoms with E-state index in [-0.39, 0.29) is 6.04 Å². The minimum absolute atomic E-state index is 0.0210. The van der Waals surface area contributed by atoms with Gasteiger partial charge in [0.2, 0.25) is 0 Å². The van der Waals surface area contributed by atoms with E-state index in [1.54, 1.807) is 6.20 Å². The zero-order chi connectivity index (χ0) is 8.43. The summed E-state index contributed by atoms with van der Waals surface area (Å²) in [5, 5.41) is 0.659. The second-order valence-electron chi connectivity index (χ2n) is 2.64. The highest BCUT2D eigenvalue weighted by Crippen LogP contribution is 2.15. The van der Waals surface area contributed by atoms with Crippen LogP contribution in [0.2, 0.25) is 5.02 Å². The molecule has 0 saturated heterocycles. The quantitative estimate of drug-likeness (QED) is 0.701. The lowest BCUT2D eigenvalue weighted by atomic mass is 10.1. The third-order valence-electron chi connectivity index (χ3n) is 1.52. The molecule has 60 valence electrons. The Hall–Kier alpha value is -0.600. The summed E-state index contributed by atoms with van der Waals surface area (Å²) >= 11 is 5.72. The van der Waals surface area contributed by atoms with Crippen molar-refractivity contribution in [3.05, 3.63) is 28.5 Å². The summed E-state index contributed by atoms with van der Waals surface area (Å²) in [5.74, 6) is 0. The summed E-state index contributed by atoms with van der Waals surface area (Å²) < 4.78 is 0. The number of nitrogens with zero attached hydrogens (tertiary/aromatic N) is 1. The van der Waals surface area contributed by atoms with Gasteiger partial charge in [-0.15, -0.1) is 0 Å². The van der Waals surface area contributed by atoms with E-state index < -0.39 is 0 Å². The molecule has 0 aliphatic rings. The predicted molar refractivity (Wildman–Crippen MR) is 46.6 cm³/mol. The van der Waals surface area contributed by atoms with Crippen LogP contribution in [0, 0.1) is 6.92 Å². The molecule has 1 heterocycles. The molecule has 2 nitrogen and oxygen atoms in total. The highest BCUT2D eigenvalue weighted by atomic mass is 35.5. The van der Waals surface area contributed by atoms with E-state index in [1.165, 1.54) is 0 Å². The molecule has 0 bridgehead atoms. The number of rotatable bonds is 1. The minimum Gasteiger partial charge on any atom is -0.323 e. The average Bonchev–Trinajstić information content (AvgIpc) is 1.85. The third-order valence-corrected chi connectivity index (χ3v) is 1.72. The second kappa shape index (κ2) is 3.20. The lowest BCUT2D eigenvalue weighted by Crippen LogP contribution is -2.08. The van der Waals surface area contributed by atoms with Crippen molar-refractivity contribution in [3.8, 4) is 0 Å². The van der Waals surface area contributed by atoms with Crippen LogP contribution in [0.15, 0.2) is 12.3 Å². The molecule has 2 N–H and O–H groups in total. The van der Waals surface area contributed by atoms with Gasteiger partial charge in [0.1, 0.15) is 0 Å². The third kappa shape index (κ3) is 1.91. The van der Waals surface area contributed by atoms with Crippen molar-refractivity contribution in [2.75, 3.05) is 0 Å². The highest BCUT2D eigenvalue weighted by Gasteiger charge is 2.04. The van der Waals surface area contributed by atoms with Crippen molar-refractivity contribution < 1.29 is 0 Å². The van der Waals surface area contributed by atoms with E-state index in [0.717, 1.165) is 11.3 Å². The maximum atomic E-state index is 5.72. The lowest BCUT2D eigenvalue weighted by molar-refractivity contribution is 0.772. The smallest absolute Gasteiger partial charge is 0.0598 e. The lowest BCUT2D eigenvalue weighted by Gasteiger charge is -2.07. The number of hydrogen-bond donors (Lipinski definition) is 1. The number of hydrogen-bond acceptors (Lipinski definition) is 2. The molecule has 1 unspecified atom stereocenters. The monoisotopic (exact) mass is 170 g/mol. The molecule has 1 aromatic heterocycles. The molecule has 0 spiro atoms. The van der Waals surface area contributed by atoms with Crippen molar-refractivity contribution >= 4 is 11.6 Å². The predicted octanol–water partition coefficient (Wildman–Crippen LogP) is 2.06. The number of pyridine rings is 1.